The van der Waals surface area contributed by atoms with E-state index < -0.39 is 26.9 Å². The lowest BCUT2D eigenvalue weighted by molar-refractivity contribution is -0.156. The van der Waals surface area contributed by atoms with Gasteiger partial charge in [0.05, 0.1) is 30.9 Å². The molecule has 1 rings (SSSR count). The van der Waals surface area contributed by atoms with Crippen LogP contribution in [0.5, 0.6) is 0 Å². The average molecular weight is 408 g/mol. The van der Waals surface area contributed by atoms with Crippen molar-refractivity contribution in [1.29, 1.82) is 0 Å². The molecule has 0 bridgehead atoms. The van der Waals surface area contributed by atoms with Crippen LogP contribution in [0.15, 0.2) is 0 Å². The number of nitrogens with one attached hydrogen (secondary N) is 1. The lowest BCUT2D eigenvalue weighted by Crippen LogP contribution is -2.49. The highest BCUT2D eigenvalue weighted by Gasteiger charge is 2.31. The van der Waals surface area contributed by atoms with Gasteiger partial charge in [0.15, 0.2) is 0 Å². The summed E-state index contributed by atoms with van der Waals surface area (Å²) in [4.78, 5) is 25.0. The zero-order valence-electron chi connectivity index (χ0n) is 16.7. The van der Waals surface area contributed by atoms with Gasteiger partial charge < -0.3 is 20.1 Å². The molecular formula is C17H33N3O6S. The number of likely N-dealkylation sites (tertiary alicyclic amines) is 1. The Bertz CT molecular complexity index is 592. The number of esters is 1. The molecule has 9 nitrogen and oxygen atoms in total. The Morgan fingerprint density at radius 2 is 1.81 bits per heavy atom. The van der Waals surface area contributed by atoms with Crippen molar-refractivity contribution in [3.05, 3.63) is 0 Å². The van der Waals surface area contributed by atoms with Crippen molar-refractivity contribution in [2.45, 2.75) is 63.9 Å². The Morgan fingerprint density at radius 3 is 2.33 bits per heavy atom. The van der Waals surface area contributed by atoms with Crippen molar-refractivity contribution >= 4 is 21.9 Å². The van der Waals surface area contributed by atoms with Crippen LogP contribution in [0.3, 0.4) is 0 Å². The van der Waals surface area contributed by atoms with Crippen molar-refractivity contribution < 1.29 is 27.5 Å². The molecule has 1 heterocycles. The molecule has 0 saturated carbocycles. The van der Waals surface area contributed by atoms with Gasteiger partial charge in [0.1, 0.15) is 5.60 Å². The number of nitrogens with two attached hydrogens (primary N) is 1. The molecule has 1 aliphatic heterocycles. The summed E-state index contributed by atoms with van der Waals surface area (Å²) in [6.45, 7) is 8.24. The quantitative estimate of drug-likeness (QED) is 0.406. The van der Waals surface area contributed by atoms with Gasteiger partial charge >= 0.3 is 5.97 Å². The number of sulfonamides is 1. The van der Waals surface area contributed by atoms with Gasteiger partial charge in [-0.15, -0.1) is 0 Å². The van der Waals surface area contributed by atoms with Crippen LogP contribution >= 0.6 is 0 Å². The van der Waals surface area contributed by atoms with Crippen LogP contribution in [0.2, 0.25) is 0 Å². The minimum Gasteiger partial charge on any atom is -0.460 e. The molecule has 10 heteroatoms. The Hall–Kier alpha value is -1.23. The number of hydrogen-bond acceptors (Lipinski definition) is 7. The molecular weight excluding hydrogens is 374 g/mol. The number of carbonyl (C=O) groups is 2. The summed E-state index contributed by atoms with van der Waals surface area (Å²) in [6.07, 6.45) is 0.886. The maximum absolute atomic E-state index is 12.3. The van der Waals surface area contributed by atoms with E-state index in [1.807, 2.05) is 0 Å². The first-order valence-corrected chi connectivity index (χ1v) is 10.8. The van der Waals surface area contributed by atoms with E-state index >= 15 is 0 Å². The SMILES string of the molecule is C[C@@H](N)C(=O)N1CCC(S(=O)(=O)NCCOCCC(=O)OC(C)(C)C)CC1. The topological polar surface area (TPSA) is 128 Å². The van der Waals surface area contributed by atoms with Gasteiger partial charge in [-0.2, -0.15) is 0 Å². The van der Waals surface area contributed by atoms with Gasteiger partial charge in [-0.25, -0.2) is 13.1 Å². The zero-order valence-corrected chi connectivity index (χ0v) is 17.5. The van der Waals surface area contributed by atoms with Crippen LogP contribution in [0.4, 0.5) is 0 Å². The van der Waals surface area contributed by atoms with Gasteiger partial charge in [0, 0.05) is 19.6 Å². The van der Waals surface area contributed by atoms with E-state index in [9.17, 15) is 18.0 Å². The van der Waals surface area contributed by atoms with E-state index in [2.05, 4.69) is 4.72 Å². The number of amides is 1. The molecule has 0 aromatic heterocycles. The molecule has 1 atom stereocenters. The number of piperidine rings is 1. The maximum atomic E-state index is 12.3. The standard InChI is InChI=1S/C17H33N3O6S/c1-13(18)16(22)20-9-5-14(6-10-20)27(23,24)19-8-12-25-11-7-15(21)26-17(2,3)4/h13-14,19H,5-12,18H2,1-4H3/t13-/m1/s1. The molecule has 158 valence electrons. The minimum atomic E-state index is -3.47. The zero-order chi connectivity index (χ0) is 20.7. The number of carbonyl (C=O) groups excluding carboxylic acids is 2. The largest absolute Gasteiger partial charge is 0.460 e. The maximum Gasteiger partial charge on any atom is 0.308 e. The first-order chi connectivity index (χ1) is 12.4. The lowest BCUT2D eigenvalue weighted by atomic mass is 10.1. The predicted molar refractivity (Wildman–Crippen MR) is 101 cm³/mol. The number of hydrogen-bond donors (Lipinski definition) is 2. The van der Waals surface area contributed by atoms with E-state index in [1.165, 1.54) is 0 Å². The highest BCUT2D eigenvalue weighted by molar-refractivity contribution is 7.90. The second-order valence-electron chi connectivity index (χ2n) is 7.70. The summed E-state index contributed by atoms with van der Waals surface area (Å²) in [5.74, 6) is -0.506. The first kappa shape index (κ1) is 23.8. The van der Waals surface area contributed by atoms with Crippen molar-refractivity contribution in [3.8, 4) is 0 Å². The van der Waals surface area contributed by atoms with Crippen LogP contribution in [0.1, 0.15) is 47.0 Å². The summed E-state index contributed by atoms with van der Waals surface area (Å²) in [6, 6.07) is -0.575. The number of rotatable bonds is 9. The molecule has 0 unspecified atom stereocenters. The Balaban J connectivity index is 2.23. The van der Waals surface area contributed by atoms with Crippen LogP contribution in [0, 0.1) is 0 Å². The normalized spacial score (nSPS) is 17.6. The Kier molecular flexibility index (Phi) is 9.13. The average Bonchev–Trinajstić information content (AvgIpc) is 2.55. The van der Waals surface area contributed by atoms with Gasteiger partial charge in [0.25, 0.3) is 0 Å². The third-order valence-corrected chi connectivity index (χ3v) is 5.96. The van der Waals surface area contributed by atoms with E-state index in [1.54, 1.807) is 32.6 Å². The van der Waals surface area contributed by atoms with Crippen molar-refractivity contribution in [3.63, 3.8) is 0 Å². The van der Waals surface area contributed by atoms with E-state index in [-0.39, 0.29) is 38.1 Å². The minimum absolute atomic E-state index is 0.121. The molecule has 1 fully saturated rings. The summed E-state index contributed by atoms with van der Waals surface area (Å²) in [5, 5.41) is -0.531. The molecule has 0 aliphatic carbocycles. The summed E-state index contributed by atoms with van der Waals surface area (Å²) in [7, 11) is -3.47. The molecule has 1 aliphatic rings. The Labute approximate surface area is 162 Å². The predicted octanol–water partition coefficient (Wildman–Crippen LogP) is -0.00760. The molecule has 0 radical (unpaired) electrons. The molecule has 1 amide bonds. The highest BCUT2D eigenvalue weighted by Crippen LogP contribution is 2.17. The number of ether oxygens (including phenoxy) is 2. The molecule has 1 saturated heterocycles. The van der Waals surface area contributed by atoms with Gasteiger partial charge in [0.2, 0.25) is 15.9 Å². The summed E-state index contributed by atoms with van der Waals surface area (Å²) in [5.41, 5.74) is 5.04. The Morgan fingerprint density at radius 1 is 1.22 bits per heavy atom. The molecule has 0 aromatic carbocycles. The van der Waals surface area contributed by atoms with Gasteiger partial charge in [-0.3, -0.25) is 9.59 Å². The van der Waals surface area contributed by atoms with E-state index in [0.717, 1.165) is 0 Å². The van der Waals surface area contributed by atoms with Crippen LogP contribution in [-0.2, 0) is 29.1 Å². The van der Waals surface area contributed by atoms with Crippen molar-refractivity contribution in [1.82, 2.24) is 9.62 Å². The van der Waals surface area contributed by atoms with E-state index in [4.69, 9.17) is 15.2 Å². The first-order valence-electron chi connectivity index (χ1n) is 9.25. The molecule has 27 heavy (non-hydrogen) atoms. The fourth-order valence-corrected chi connectivity index (χ4v) is 4.13. The smallest absolute Gasteiger partial charge is 0.308 e. The highest BCUT2D eigenvalue weighted by atomic mass is 32.2. The summed E-state index contributed by atoms with van der Waals surface area (Å²) >= 11 is 0. The molecule has 0 aromatic rings. The van der Waals surface area contributed by atoms with Gasteiger partial charge in [-0.05, 0) is 40.5 Å². The van der Waals surface area contributed by atoms with Crippen LogP contribution < -0.4 is 10.5 Å². The molecule has 0 spiro atoms. The second-order valence-corrected chi connectivity index (χ2v) is 9.75. The molecule has 3 N–H and O–H groups in total. The van der Waals surface area contributed by atoms with Crippen molar-refractivity contribution in [2.75, 3.05) is 32.8 Å². The fourth-order valence-electron chi connectivity index (χ4n) is 2.70. The monoisotopic (exact) mass is 407 g/mol. The second kappa shape index (κ2) is 10.4. The van der Waals surface area contributed by atoms with E-state index in [0.29, 0.717) is 25.9 Å². The third kappa shape index (κ3) is 9.00. The fraction of sp³-hybridized carbons (Fsp3) is 0.882. The lowest BCUT2D eigenvalue weighted by Gasteiger charge is -2.32. The van der Waals surface area contributed by atoms with Crippen LogP contribution in [-0.4, -0.2) is 74.9 Å². The van der Waals surface area contributed by atoms with Crippen LogP contribution in [0.25, 0.3) is 0 Å². The van der Waals surface area contributed by atoms with Gasteiger partial charge in [-0.1, -0.05) is 0 Å². The summed E-state index contributed by atoms with van der Waals surface area (Å²) < 4.78 is 37.6. The van der Waals surface area contributed by atoms with Crippen molar-refractivity contribution in [2.24, 2.45) is 5.73 Å². The number of nitrogens with zero attached hydrogens (tertiary/aromatic N) is 1. The third-order valence-electron chi connectivity index (χ3n) is 4.00.